The van der Waals surface area contributed by atoms with Crippen LogP contribution in [0.3, 0.4) is 0 Å². The van der Waals surface area contributed by atoms with Crippen LogP contribution in [-0.2, 0) is 11.2 Å². The molecule has 1 N–H and O–H groups in total. The molecule has 0 bridgehead atoms. The summed E-state index contributed by atoms with van der Waals surface area (Å²) in [6.07, 6.45) is 0.805. The maximum Gasteiger partial charge on any atom is 0.236 e. The van der Waals surface area contributed by atoms with Gasteiger partial charge in [0.25, 0.3) is 0 Å². The molecule has 3 aromatic heterocycles. The lowest BCUT2D eigenvalue weighted by atomic mass is 10.1. The van der Waals surface area contributed by atoms with Crippen LogP contribution >= 0.6 is 23.1 Å². The predicted molar refractivity (Wildman–Crippen MR) is 109 cm³/mol. The Bertz CT molecular complexity index is 1150. The molecule has 0 radical (unpaired) electrons. The first-order valence-electron chi connectivity index (χ1n) is 8.55. The molecule has 27 heavy (non-hydrogen) atoms. The zero-order valence-corrected chi connectivity index (χ0v) is 16.8. The van der Waals surface area contributed by atoms with Gasteiger partial charge in [-0.25, -0.2) is 0 Å². The Labute approximate surface area is 164 Å². The van der Waals surface area contributed by atoms with Crippen molar-refractivity contribution in [2.75, 3.05) is 11.1 Å². The lowest BCUT2D eigenvalue weighted by molar-refractivity contribution is -0.113. The van der Waals surface area contributed by atoms with E-state index in [1.807, 2.05) is 18.2 Å². The van der Waals surface area contributed by atoms with Crippen LogP contribution < -0.4 is 5.32 Å². The minimum Gasteiger partial charge on any atom is -0.300 e. The van der Waals surface area contributed by atoms with Gasteiger partial charge in [0.2, 0.25) is 11.0 Å². The number of nitrogens with one attached hydrogen (secondary N) is 1. The van der Waals surface area contributed by atoms with Gasteiger partial charge in [-0.3, -0.25) is 14.5 Å². The summed E-state index contributed by atoms with van der Waals surface area (Å²) in [7, 11) is 0. The van der Waals surface area contributed by atoms with E-state index in [-0.39, 0.29) is 11.7 Å². The molecule has 3 heterocycles. The van der Waals surface area contributed by atoms with Gasteiger partial charge in [0, 0.05) is 0 Å². The van der Waals surface area contributed by atoms with Crippen molar-refractivity contribution in [2.24, 2.45) is 0 Å². The second kappa shape index (κ2) is 7.24. The van der Waals surface area contributed by atoms with E-state index in [2.05, 4.69) is 56.9 Å². The average molecular weight is 399 g/mol. The fourth-order valence-electron chi connectivity index (χ4n) is 2.84. The monoisotopic (exact) mass is 398 g/mol. The Morgan fingerprint density at radius 2 is 2.04 bits per heavy atom. The maximum absolute atomic E-state index is 12.3. The van der Waals surface area contributed by atoms with Crippen LogP contribution in [0.2, 0.25) is 0 Å². The molecule has 0 saturated heterocycles. The summed E-state index contributed by atoms with van der Waals surface area (Å²) in [6.45, 7) is 6.08. The van der Waals surface area contributed by atoms with Crippen LogP contribution in [0.15, 0.2) is 29.4 Å². The highest BCUT2D eigenvalue weighted by atomic mass is 32.2. The zero-order valence-electron chi connectivity index (χ0n) is 15.2. The lowest BCUT2D eigenvalue weighted by Crippen LogP contribution is -2.14. The number of rotatable bonds is 5. The van der Waals surface area contributed by atoms with Gasteiger partial charge in [-0.2, -0.15) is 0 Å². The second-order valence-corrected chi connectivity index (χ2v) is 8.23. The number of benzene rings is 1. The van der Waals surface area contributed by atoms with Crippen LogP contribution in [0.4, 0.5) is 5.13 Å². The van der Waals surface area contributed by atoms with Crippen LogP contribution in [-0.4, -0.2) is 36.5 Å². The fraction of sp³-hybridized carbons (Fsp3) is 0.278. The molecule has 4 rings (SSSR count). The third-order valence-corrected chi connectivity index (χ3v) is 6.04. The van der Waals surface area contributed by atoms with E-state index < -0.39 is 0 Å². The van der Waals surface area contributed by atoms with Gasteiger partial charge < -0.3 is 0 Å². The van der Waals surface area contributed by atoms with Gasteiger partial charge in [0.1, 0.15) is 5.01 Å². The number of aryl methyl sites for hydroxylation is 3. The lowest BCUT2D eigenvalue weighted by Gasteiger charge is -2.07. The number of hydrogen-bond acceptors (Lipinski definition) is 7. The highest BCUT2D eigenvalue weighted by Crippen LogP contribution is 2.26. The Morgan fingerprint density at radius 1 is 1.19 bits per heavy atom. The first-order valence-corrected chi connectivity index (χ1v) is 10.4. The van der Waals surface area contributed by atoms with Crippen molar-refractivity contribution in [3.05, 3.63) is 40.4 Å². The number of carbonyl (C=O) groups is 1. The maximum atomic E-state index is 12.3. The Morgan fingerprint density at radius 3 is 2.81 bits per heavy atom. The van der Waals surface area contributed by atoms with E-state index in [4.69, 9.17) is 0 Å². The van der Waals surface area contributed by atoms with E-state index in [0.29, 0.717) is 10.3 Å². The molecular weight excluding hydrogens is 380 g/mol. The molecule has 138 valence electrons. The molecule has 0 saturated carbocycles. The van der Waals surface area contributed by atoms with Crippen LogP contribution in [0.5, 0.6) is 0 Å². The number of carbonyl (C=O) groups excluding carboxylic acids is 1. The summed E-state index contributed by atoms with van der Waals surface area (Å²) in [6, 6.07) is 8.41. The van der Waals surface area contributed by atoms with Gasteiger partial charge in [-0.1, -0.05) is 42.2 Å². The normalized spacial score (nSPS) is 11.4. The summed E-state index contributed by atoms with van der Waals surface area (Å²) >= 11 is 2.76. The summed E-state index contributed by atoms with van der Waals surface area (Å²) < 4.78 is 2.02. The number of anilines is 1. The Balaban J connectivity index is 1.59. The van der Waals surface area contributed by atoms with Crippen molar-refractivity contribution < 1.29 is 4.79 Å². The third-order valence-electron chi connectivity index (χ3n) is 4.13. The third kappa shape index (κ3) is 3.52. The van der Waals surface area contributed by atoms with Crippen LogP contribution in [0.1, 0.15) is 23.1 Å². The zero-order chi connectivity index (χ0) is 19.0. The SMILES string of the molecule is CCc1nnc(NC(=O)CSc2nnc3c(C)cc4ccc(C)cc4n23)s1. The molecule has 0 aliphatic carbocycles. The number of fused-ring (bicyclic) bond motifs is 3. The Kier molecular flexibility index (Phi) is 4.79. The van der Waals surface area contributed by atoms with Gasteiger partial charge in [-0.05, 0) is 48.9 Å². The topological polar surface area (TPSA) is 85.1 Å². The van der Waals surface area contributed by atoms with E-state index in [0.717, 1.165) is 39.1 Å². The molecule has 0 atom stereocenters. The van der Waals surface area contributed by atoms with Crippen molar-refractivity contribution in [2.45, 2.75) is 32.3 Å². The van der Waals surface area contributed by atoms with Crippen LogP contribution in [0.25, 0.3) is 16.6 Å². The molecule has 0 aliphatic rings. The quantitative estimate of drug-likeness (QED) is 0.517. The molecule has 0 fully saturated rings. The first kappa shape index (κ1) is 17.9. The number of aromatic nitrogens is 5. The minimum atomic E-state index is -0.135. The van der Waals surface area contributed by atoms with E-state index in [9.17, 15) is 4.79 Å². The molecule has 9 heteroatoms. The fourth-order valence-corrected chi connectivity index (χ4v) is 4.28. The second-order valence-electron chi connectivity index (χ2n) is 6.22. The van der Waals surface area contributed by atoms with Crippen molar-refractivity contribution >= 4 is 50.7 Å². The largest absolute Gasteiger partial charge is 0.300 e. The number of hydrogen-bond donors (Lipinski definition) is 1. The Hall–Kier alpha value is -2.52. The number of nitrogens with zero attached hydrogens (tertiary/aromatic N) is 5. The minimum absolute atomic E-state index is 0.135. The number of pyridine rings is 1. The summed E-state index contributed by atoms with van der Waals surface area (Å²) in [5.74, 6) is 0.0898. The highest BCUT2D eigenvalue weighted by molar-refractivity contribution is 7.99. The molecule has 0 aliphatic heterocycles. The van der Waals surface area contributed by atoms with Gasteiger partial charge in [0.05, 0.1) is 11.3 Å². The van der Waals surface area contributed by atoms with Crippen molar-refractivity contribution in [3.8, 4) is 0 Å². The molecule has 0 unspecified atom stereocenters. The van der Waals surface area contributed by atoms with E-state index >= 15 is 0 Å². The van der Waals surface area contributed by atoms with Gasteiger partial charge >= 0.3 is 0 Å². The first-order chi connectivity index (χ1) is 13.0. The summed E-state index contributed by atoms with van der Waals surface area (Å²) in [5.41, 5.74) is 4.07. The number of amides is 1. The molecule has 1 aromatic carbocycles. The van der Waals surface area contributed by atoms with Crippen molar-refractivity contribution in [1.82, 2.24) is 24.8 Å². The smallest absolute Gasteiger partial charge is 0.236 e. The van der Waals surface area contributed by atoms with Crippen molar-refractivity contribution in [1.29, 1.82) is 0 Å². The van der Waals surface area contributed by atoms with Crippen molar-refractivity contribution in [3.63, 3.8) is 0 Å². The average Bonchev–Trinajstić information content (AvgIpc) is 3.28. The summed E-state index contributed by atoms with van der Waals surface area (Å²) in [4.78, 5) is 12.3. The molecule has 4 aromatic rings. The molecule has 1 amide bonds. The summed E-state index contributed by atoms with van der Waals surface area (Å²) in [5, 5.41) is 22.7. The van der Waals surface area contributed by atoms with Gasteiger partial charge in [-0.15, -0.1) is 20.4 Å². The van der Waals surface area contributed by atoms with Crippen LogP contribution in [0, 0.1) is 13.8 Å². The standard InChI is InChI=1S/C18H18N6OS2/c1-4-15-20-22-17(27-15)19-14(25)9-26-18-23-21-16-11(3)8-12-6-5-10(2)7-13(12)24(16)18/h5-8H,4,9H2,1-3H3,(H,19,22,25). The molecule has 0 spiro atoms. The molecule has 7 nitrogen and oxygen atoms in total. The predicted octanol–water partition coefficient (Wildman–Crippen LogP) is 3.64. The van der Waals surface area contributed by atoms with E-state index in [1.165, 1.54) is 23.1 Å². The number of thioether (sulfide) groups is 1. The molecular formula is C18H18N6OS2. The van der Waals surface area contributed by atoms with E-state index in [1.54, 1.807) is 0 Å². The van der Waals surface area contributed by atoms with Gasteiger partial charge in [0.15, 0.2) is 10.8 Å². The highest BCUT2D eigenvalue weighted by Gasteiger charge is 2.15.